The lowest BCUT2D eigenvalue weighted by Gasteiger charge is -2.08. The number of carboxylic acid groups (broad SMARTS) is 1. The molecule has 19 heavy (non-hydrogen) atoms. The molecule has 6 nitrogen and oxygen atoms in total. The summed E-state index contributed by atoms with van der Waals surface area (Å²) in [6.07, 6.45) is 2.66. The van der Waals surface area contributed by atoms with Gasteiger partial charge in [-0.25, -0.2) is 9.78 Å². The van der Waals surface area contributed by atoms with Crippen molar-refractivity contribution in [3.05, 3.63) is 29.6 Å². The highest BCUT2D eigenvalue weighted by Gasteiger charge is 2.06. The molecular weight excluding hydrogens is 246 g/mol. The predicted molar refractivity (Wildman–Crippen MR) is 70.5 cm³/mol. The summed E-state index contributed by atoms with van der Waals surface area (Å²) in [7, 11) is 0. The fourth-order valence-corrected chi connectivity index (χ4v) is 1.44. The summed E-state index contributed by atoms with van der Waals surface area (Å²) in [4.78, 5) is 25.9. The Morgan fingerprint density at radius 2 is 2.21 bits per heavy atom. The molecule has 104 valence electrons. The highest BCUT2D eigenvalue weighted by Crippen LogP contribution is 2.04. The Labute approximate surface area is 112 Å². The van der Waals surface area contributed by atoms with Gasteiger partial charge in [0.2, 0.25) is 5.91 Å². The van der Waals surface area contributed by atoms with Crippen LogP contribution in [0.2, 0.25) is 0 Å². The van der Waals surface area contributed by atoms with E-state index < -0.39 is 5.97 Å². The summed E-state index contributed by atoms with van der Waals surface area (Å²) in [5, 5.41) is 11.5. The molecule has 1 amide bonds. The minimum absolute atomic E-state index is 0.00755. The van der Waals surface area contributed by atoms with E-state index in [4.69, 9.17) is 10.8 Å². The van der Waals surface area contributed by atoms with Crippen LogP contribution in [0.3, 0.4) is 0 Å². The van der Waals surface area contributed by atoms with Crippen LogP contribution in [0.25, 0.3) is 0 Å². The molecule has 1 heterocycles. The van der Waals surface area contributed by atoms with E-state index in [0.29, 0.717) is 25.4 Å². The number of nitrogens with one attached hydrogen (secondary N) is 1. The third-order valence-corrected chi connectivity index (χ3v) is 2.80. The van der Waals surface area contributed by atoms with Crippen LogP contribution in [0.5, 0.6) is 0 Å². The minimum atomic E-state index is -1.06. The van der Waals surface area contributed by atoms with Crippen molar-refractivity contribution in [1.29, 1.82) is 0 Å². The van der Waals surface area contributed by atoms with Crippen LogP contribution in [0.1, 0.15) is 35.8 Å². The number of hydrogen-bond donors (Lipinski definition) is 3. The molecule has 0 aliphatic carbocycles. The van der Waals surface area contributed by atoms with Gasteiger partial charge in [0, 0.05) is 19.2 Å². The number of aromatic carboxylic acids is 1. The second-order valence-corrected chi connectivity index (χ2v) is 4.51. The number of carbonyl (C=O) groups is 2. The zero-order valence-electron chi connectivity index (χ0n) is 10.9. The number of carboxylic acids is 1. The van der Waals surface area contributed by atoms with Gasteiger partial charge in [-0.3, -0.25) is 4.79 Å². The molecule has 0 fully saturated rings. The lowest BCUT2D eigenvalue weighted by atomic mass is 10.1. The summed E-state index contributed by atoms with van der Waals surface area (Å²) < 4.78 is 0. The molecule has 1 rings (SSSR count). The smallest absolute Gasteiger partial charge is 0.354 e. The molecule has 6 heteroatoms. The average molecular weight is 265 g/mol. The molecule has 0 saturated heterocycles. The van der Waals surface area contributed by atoms with Gasteiger partial charge in [0.25, 0.3) is 0 Å². The second kappa shape index (κ2) is 7.48. The molecule has 0 aliphatic heterocycles. The van der Waals surface area contributed by atoms with Crippen LogP contribution < -0.4 is 11.1 Å². The molecule has 0 bridgehead atoms. The molecular formula is C13H19N3O3. The quantitative estimate of drug-likeness (QED) is 0.675. The van der Waals surface area contributed by atoms with Crippen molar-refractivity contribution in [1.82, 2.24) is 10.3 Å². The van der Waals surface area contributed by atoms with Crippen molar-refractivity contribution in [3.8, 4) is 0 Å². The van der Waals surface area contributed by atoms with Gasteiger partial charge in [0.15, 0.2) is 0 Å². The van der Waals surface area contributed by atoms with Gasteiger partial charge in [0.05, 0.1) is 0 Å². The number of carbonyl (C=O) groups excluding carboxylic acids is 1. The van der Waals surface area contributed by atoms with Crippen LogP contribution >= 0.6 is 0 Å². The number of aromatic nitrogens is 1. The number of hydrogen-bond acceptors (Lipinski definition) is 4. The highest BCUT2D eigenvalue weighted by atomic mass is 16.4. The average Bonchev–Trinajstić information content (AvgIpc) is 2.42. The standard InChI is InChI=1S/C13H19N3O3/c1-9(6-14)2-5-12(17)16-8-10-3-4-11(13(18)19)15-7-10/h3-4,7,9H,2,5-6,8,14H2,1H3,(H,16,17)(H,18,19). The molecule has 1 atom stereocenters. The maximum atomic E-state index is 11.5. The largest absolute Gasteiger partial charge is 0.477 e. The number of nitrogens with zero attached hydrogens (tertiary/aromatic N) is 1. The van der Waals surface area contributed by atoms with E-state index in [-0.39, 0.29) is 11.6 Å². The van der Waals surface area contributed by atoms with Crippen LogP contribution in [0.4, 0.5) is 0 Å². The van der Waals surface area contributed by atoms with E-state index in [2.05, 4.69) is 10.3 Å². The van der Waals surface area contributed by atoms with Crippen molar-refractivity contribution in [2.75, 3.05) is 6.54 Å². The summed E-state index contributed by atoms with van der Waals surface area (Å²) in [6, 6.07) is 3.06. The van der Waals surface area contributed by atoms with E-state index in [1.54, 1.807) is 6.07 Å². The normalized spacial score (nSPS) is 11.9. The Bertz CT molecular complexity index is 431. The van der Waals surface area contributed by atoms with E-state index in [0.717, 1.165) is 12.0 Å². The van der Waals surface area contributed by atoms with Crippen molar-refractivity contribution >= 4 is 11.9 Å². The summed E-state index contributed by atoms with van der Waals surface area (Å²) in [6.45, 7) is 2.93. The van der Waals surface area contributed by atoms with Gasteiger partial charge in [0.1, 0.15) is 5.69 Å². The van der Waals surface area contributed by atoms with Crippen LogP contribution in [-0.4, -0.2) is 28.5 Å². The van der Waals surface area contributed by atoms with Crippen molar-refractivity contribution in [3.63, 3.8) is 0 Å². The first-order valence-corrected chi connectivity index (χ1v) is 6.18. The number of pyridine rings is 1. The van der Waals surface area contributed by atoms with Gasteiger partial charge in [-0.15, -0.1) is 0 Å². The fourth-order valence-electron chi connectivity index (χ4n) is 1.44. The van der Waals surface area contributed by atoms with Gasteiger partial charge < -0.3 is 16.2 Å². The SMILES string of the molecule is CC(CN)CCC(=O)NCc1ccc(C(=O)O)nc1. The zero-order chi connectivity index (χ0) is 14.3. The third-order valence-electron chi connectivity index (χ3n) is 2.80. The Balaban J connectivity index is 2.35. The molecule has 0 aromatic carbocycles. The van der Waals surface area contributed by atoms with Crippen molar-refractivity contribution in [2.24, 2.45) is 11.7 Å². The van der Waals surface area contributed by atoms with E-state index >= 15 is 0 Å². The number of rotatable bonds is 7. The van der Waals surface area contributed by atoms with Crippen LogP contribution in [-0.2, 0) is 11.3 Å². The molecule has 1 aromatic heterocycles. The van der Waals surface area contributed by atoms with Gasteiger partial charge in [-0.05, 0) is 30.5 Å². The van der Waals surface area contributed by atoms with Crippen LogP contribution in [0, 0.1) is 5.92 Å². The Morgan fingerprint density at radius 1 is 1.47 bits per heavy atom. The maximum Gasteiger partial charge on any atom is 0.354 e. The van der Waals surface area contributed by atoms with Gasteiger partial charge in [-0.2, -0.15) is 0 Å². The lowest BCUT2D eigenvalue weighted by molar-refractivity contribution is -0.121. The molecule has 0 saturated carbocycles. The molecule has 0 aliphatic rings. The molecule has 4 N–H and O–H groups in total. The van der Waals surface area contributed by atoms with Crippen molar-refractivity contribution < 1.29 is 14.7 Å². The summed E-state index contributed by atoms with van der Waals surface area (Å²) >= 11 is 0. The zero-order valence-corrected chi connectivity index (χ0v) is 10.9. The Hall–Kier alpha value is -1.95. The van der Waals surface area contributed by atoms with E-state index in [9.17, 15) is 9.59 Å². The molecule has 1 unspecified atom stereocenters. The maximum absolute atomic E-state index is 11.5. The Kier molecular flexibility index (Phi) is 5.95. The topological polar surface area (TPSA) is 105 Å². The predicted octanol–water partition coefficient (Wildman–Crippen LogP) is 0.771. The third kappa shape index (κ3) is 5.48. The molecule has 0 radical (unpaired) electrons. The van der Waals surface area contributed by atoms with Crippen molar-refractivity contribution in [2.45, 2.75) is 26.3 Å². The van der Waals surface area contributed by atoms with Crippen LogP contribution in [0.15, 0.2) is 18.3 Å². The number of nitrogens with two attached hydrogens (primary N) is 1. The lowest BCUT2D eigenvalue weighted by Crippen LogP contribution is -2.24. The highest BCUT2D eigenvalue weighted by molar-refractivity contribution is 5.85. The number of amides is 1. The molecule has 1 aromatic rings. The fraction of sp³-hybridized carbons (Fsp3) is 0.462. The summed E-state index contributed by atoms with van der Waals surface area (Å²) in [5.74, 6) is -0.767. The van der Waals surface area contributed by atoms with E-state index in [1.165, 1.54) is 12.3 Å². The Morgan fingerprint density at radius 3 is 2.74 bits per heavy atom. The first kappa shape index (κ1) is 15.1. The first-order valence-electron chi connectivity index (χ1n) is 6.18. The van der Waals surface area contributed by atoms with Gasteiger partial charge >= 0.3 is 5.97 Å². The second-order valence-electron chi connectivity index (χ2n) is 4.51. The molecule has 0 spiro atoms. The monoisotopic (exact) mass is 265 g/mol. The summed E-state index contributed by atoms with van der Waals surface area (Å²) in [5.41, 5.74) is 6.24. The first-order chi connectivity index (χ1) is 9.02. The minimum Gasteiger partial charge on any atom is -0.477 e. The van der Waals surface area contributed by atoms with E-state index in [1.807, 2.05) is 6.92 Å². The van der Waals surface area contributed by atoms with Gasteiger partial charge in [-0.1, -0.05) is 13.0 Å².